The molecule has 0 spiro atoms. The van der Waals surface area contributed by atoms with Crippen molar-refractivity contribution in [1.29, 1.82) is 0 Å². The molecule has 25 heavy (non-hydrogen) atoms. The monoisotopic (exact) mass is 346 g/mol. The molecule has 6 nitrogen and oxygen atoms in total. The molecule has 6 heteroatoms. The van der Waals surface area contributed by atoms with Gasteiger partial charge in [0.15, 0.2) is 5.96 Å². The van der Waals surface area contributed by atoms with Gasteiger partial charge in [-0.2, -0.15) is 0 Å². The highest BCUT2D eigenvalue weighted by Crippen LogP contribution is 2.14. The molecule has 1 aliphatic rings. The number of hydrogen-bond donors (Lipinski definition) is 2. The van der Waals surface area contributed by atoms with Crippen LogP contribution in [0.5, 0.6) is 0 Å². The summed E-state index contributed by atoms with van der Waals surface area (Å²) in [6.45, 7) is 15.6. The van der Waals surface area contributed by atoms with Gasteiger partial charge in [-0.15, -0.1) is 0 Å². The zero-order valence-electron chi connectivity index (χ0n) is 16.3. The van der Waals surface area contributed by atoms with E-state index in [1.807, 2.05) is 6.20 Å². The number of aromatic nitrogens is 1. The second kappa shape index (κ2) is 10.2. The highest BCUT2D eigenvalue weighted by Gasteiger charge is 2.16. The second-order valence-corrected chi connectivity index (χ2v) is 6.59. The van der Waals surface area contributed by atoms with E-state index in [0.717, 1.165) is 63.0 Å². The van der Waals surface area contributed by atoms with Crippen LogP contribution in [-0.2, 0) is 6.54 Å². The maximum atomic E-state index is 4.67. The number of nitrogens with zero attached hydrogens (tertiary/aromatic N) is 4. The zero-order chi connectivity index (χ0) is 18.1. The van der Waals surface area contributed by atoms with Crippen LogP contribution >= 0.6 is 0 Å². The Kier molecular flexibility index (Phi) is 7.98. The van der Waals surface area contributed by atoms with Gasteiger partial charge in [0.25, 0.3) is 0 Å². The highest BCUT2D eigenvalue weighted by atomic mass is 15.3. The maximum absolute atomic E-state index is 4.67. The molecular formula is C19H34N6. The molecule has 1 aromatic rings. The first-order valence-electron chi connectivity index (χ1n) is 9.63. The number of likely N-dealkylation sites (N-methyl/N-ethyl adjacent to an activating group) is 1. The van der Waals surface area contributed by atoms with Crippen molar-refractivity contribution in [2.45, 2.75) is 46.7 Å². The number of anilines is 1. The Morgan fingerprint density at radius 3 is 2.52 bits per heavy atom. The van der Waals surface area contributed by atoms with Crippen LogP contribution in [0, 0.1) is 0 Å². The number of rotatable bonds is 7. The average Bonchev–Trinajstić information content (AvgIpc) is 2.66. The highest BCUT2D eigenvalue weighted by molar-refractivity contribution is 5.80. The Labute approximate surface area is 152 Å². The summed E-state index contributed by atoms with van der Waals surface area (Å²) < 4.78 is 0. The van der Waals surface area contributed by atoms with Gasteiger partial charge in [-0.05, 0) is 38.4 Å². The molecule has 0 aliphatic carbocycles. The molecule has 2 N–H and O–H groups in total. The summed E-state index contributed by atoms with van der Waals surface area (Å²) in [6.07, 6.45) is 3.03. The minimum atomic E-state index is 0.417. The summed E-state index contributed by atoms with van der Waals surface area (Å²) in [5.74, 6) is 1.95. The van der Waals surface area contributed by atoms with Crippen molar-refractivity contribution < 1.29 is 0 Å². The molecule has 1 fully saturated rings. The molecule has 0 radical (unpaired) electrons. The van der Waals surface area contributed by atoms with Crippen LogP contribution in [0.1, 0.15) is 39.7 Å². The van der Waals surface area contributed by atoms with E-state index in [2.05, 4.69) is 70.2 Å². The summed E-state index contributed by atoms with van der Waals surface area (Å²) in [5, 5.41) is 6.71. The minimum absolute atomic E-state index is 0.417. The van der Waals surface area contributed by atoms with E-state index >= 15 is 0 Å². The van der Waals surface area contributed by atoms with E-state index < -0.39 is 0 Å². The van der Waals surface area contributed by atoms with Crippen LogP contribution in [0.15, 0.2) is 23.3 Å². The summed E-state index contributed by atoms with van der Waals surface area (Å²) in [6, 6.07) is 4.69. The van der Waals surface area contributed by atoms with Crippen LogP contribution in [0.2, 0.25) is 0 Å². The standard InChI is InChI=1S/C19H34N6/c1-5-16(4)23-19(20-6-2)22-15-17-8-9-18(21-14-17)25-12-10-24(7-3)11-13-25/h8-9,14,16H,5-7,10-13,15H2,1-4H3,(H2,20,22,23). The number of piperazine rings is 1. The van der Waals surface area contributed by atoms with Gasteiger partial charge in [-0.3, -0.25) is 0 Å². The van der Waals surface area contributed by atoms with E-state index in [1.54, 1.807) is 0 Å². The predicted octanol–water partition coefficient (Wildman–Crippen LogP) is 2.08. The van der Waals surface area contributed by atoms with E-state index in [-0.39, 0.29) is 0 Å². The smallest absolute Gasteiger partial charge is 0.191 e. The van der Waals surface area contributed by atoms with E-state index in [4.69, 9.17) is 0 Å². The maximum Gasteiger partial charge on any atom is 0.191 e. The van der Waals surface area contributed by atoms with Gasteiger partial charge < -0.3 is 20.4 Å². The third-order valence-corrected chi connectivity index (χ3v) is 4.71. The number of guanidine groups is 1. The summed E-state index contributed by atoms with van der Waals surface area (Å²) in [7, 11) is 0. The molecular weight excluding hydrogens is 312 g/mol. The zero-order valence-corrected chi connectivity index (χ0v) is 16.3. The second-order valence-electron chi connectivity index (χ2n) is 6.59. The van der Waals surface area contributed by atoms with Gasteiger partial charge in [0.1, 0.15) is 5.82 Å². The molecule has 1 saturated heterocycles. The Morgan fingerprint density at radius 2 is 1.96 bits per heavy atom. The number of nitrogens with one attached hydrogen (secondary N) is 2. The number of hydrogen-bond acceptors (Lipinski definition) is 4. The topological polar surface area (TPSA) is 55.8 Å². The lowest BCUT2D eigenvalue weighted by Gasteiger charge is -2.34. The van der Waals surface area contributed by atoms with Crippen LogP contribution in [-0.4, -0.2) is 61.2 Å². The van der Waals surface area contributed by atoms with Crippen molar-refractivity contribution in [2.24, 2.45) is 4.99 Å². The molecule has 1 unspecified atom stereocenters. The molecule has 0 bridgehead atoms. The number of pyridine rings is 1. The summed E-state index contributed by atoms with van der Waals surface area (Å²) >= 11 is 0. The van der Waals surface area contributed by atoms with Crippen LogP contribution in [0.3, 0.4) is 0 Å². The van der Waals surface area contributed by atoms with Crippen LogP contribution in [0.25, 0.3) is 0 Å². The first kappa shape index (κ1) is 19.5. The van der Waals surface area contributed by atoms with Gasteiger partial charge in [0.2, 0.25) is 0 Å². The van der Waals surface area contributed by atoms with Crippen LogP contribution < -0.4 is 15.5 Å². The lowest BCUT2D eigenvalue weighted by atomic mass is 10.2. The fourth-order valence-corrected chi connectivity index (χ4v) is 2.82. The molecule has 2 heterocycles. The van der Waals surface area contributed by atoms with Gasteiger partial charge in [0, 0.05) is 45.0 Å². The largest absolute Gasteiger partial charge is 0.357 e. The summed E-state index contributed by atoms with van der Waals surface area (Å²) in [5.41, 5.74) is 1.14. The lowest BCUT2D eigenvalue weighted by molar-refractivity contribution is 0.270. The Balaban J connectivity index is 1.91. The molecule has 1 aromatic heterocycles. The van der Waals surface area contributed by atoms with E-state index in [1.165, 1.54) is 0 Å². The normalized spacial score (nSPS) is 17.4. The molecule has 1 atom stereocenters. The third-order valence-electron chi connectivity index (χ3n) is 4.71. The Morgan fingerprint density at radius 1 is 1.20 bits per heavy atom. The molecule has 1 aliphatic heterocycles. The fourth-order valence-electron chi connectivity index (χ4n) is 2.82. The van der Waals surface area contributed by atoms with Crippen molar-refractivity contribution in [2.75, 3.05) is 44.2 Å². The quantitative estimate of drug-likeness (QED) is 0.585. The molecule has 2 rings (SSSR count). The van der Waals surface area contributed by atoms with Crippen molar-refractivity contribution in [1.82, 2.24) is 20.5 Å². The first-order valence-corrected chi connectivity index (χ1v) is 9.63. The number of aliphatic imine (C=N–C) groups is 1. The van der Waals surface area contributed by atoms with Gasteiger partial charge >= 0.3 is 0 Å². The molecule has 0 amide bonds. The Bertz CT molecular complexity index is 519. The molecule has 140 valence electrons. The molecule has 0 aromatic carbocycles. The fraction of sp³-hybridized carbons (Fsp3) is 0.684. The van der Waals surface area contributed by atoms with Crippen LogP contribution in [0.4, 0.5) is 5.82 Å². The SMILES string of the molecule is CCNC(=NCc1ccc(N2CCN(CC)CC2)nc1)NC(C)CC. The van der Waals surface area contributed by atoms with E-state index in [0.29, 0.717) is 12.6 Å². The van der Waals surface area contributed by atoms with Crippen molar-refractivity contribution in [3.63, 3.8) is 0 Å². The van der Waals surface area contributed by atoms with Gasteiger partial charge in [0.05, 0.1) is 6.54 Å². The molecule has 0 saturated carbocycles. The van der Waals surface area contributed by atoms with Gasteiger partial charge in [-0.1, -0.05) is 19.9 Å². The van der Waals surface area contributed by atoms with Gasteiger partial charge in [-0.25, -0.2) is 9.98 Å². The van der Waals surface area contributed by atoms with Crippen molar-refractivity contribution in [3.05, 3.63) is 23.9 Å². The van der Waals surface area contributed by atoms with Crippen molar-refractivity contribution >= 4 is 11.8 Å². The van der Waals surface area contributed by atoms with Crippen molar-refractivity contribution in [3.8, 4) is 0 Å². The average molecular weight is 347 g/mol. The lowest BCUT2D eigenvalue weighted by Crippen LogP contribution is -2.46. The third kappa shape index (κ3) is 6.20. The predicted molar refractivity (Wildman–Crippen MR) is 106 cm³/mol. The summed E-state index contributed by atoms with van der Waals surface area (Å²) in [4.78, 5) is 14.2. The Hall–Kier alpha value is -1.82. The first-order chi connectivity index (χ1) is 12.2. The minimum Gasteiger partial charge on any atom is -0.357 e. The van der Waals surface area contributed by atoms with E-state index in [9.17, 15) is 0 Å².